The Morgan fingerprint density at radius 2 is 1.74 bits per heavy atom. The third-order valence-corrected chi connectivity index (χ3v) is 13.0. The van der Waals surface area contributed by atoms with Gasteiger partial charge in [0, 0.05) is 41.8 Å². The predicted octanol–water partition coefficient (Wildman–Crippen LogP) is 5.33. The van der Waals surface area contributed by atoms with Crippen LogP contribution in [-0.4, -0.2) is 106 Å². The van der Waals surface area contributed by atoms with E-state index in [2.05, 4.69) is 21.9 Å². The van der Waals surface area contributed by atoms with Crippen molar-refractivity contribution in [1.29, 1.82) is 0 Å². The van der Waals surface area contributed by atoms with Crippen LogP contribution in [0.3, 0.4) is 0 Å². The number of aliphatic carboxylic acids is 1. The Hall–Kier alpha value is -5.75. The molecule has 2 aromatic heterocycles. The minimum absolute atomic E-state index is 0.0247. The third-order valence-electron chi connectivity index (χ3n) is 11.2. The van der Waals surface area contributed by atoms with E-state index < -0.39 is 79.8 Å². The molecule has 3 aliphatic rings. The molecule has 17 nitrogen and oxygen atoms in total. The van der Waals surface area contributed by atoms with Crippen molar-refractivity contribution >= 4 is 56.0 Å². The Kier molecular flexibility index (Phi) is 11.8. The van der Waals surface area contributed by atoms with Crippen LogP contribution in [-0.2, 0) is 29.1 Å². The van der Waals surface area contributed by atoms with Crippen molar-refractivity contribution in [2.75, 3.05) is 13.1 Å². The van der Waals surface area contributed by atoms with Gasteiger partial charge in [0.05, 0.1) is 17.4 Å². The molecule has 3 amide bonds. The molecule has 1 aliphatic heterocycles. The van der Waals surface area contributed by atoms with Gasteiger partial charge in [-0.3, -0.25) is 19.2 Å². The molecule has 0 radical (unpaired) electrons. The number of carbonyl (C=O) groups is 4. The Balaban J connectivity index is 1.22. The fourth-order valence-electron chi connectivity index (χ4n) is 7.93. The summed E-state index contributed by atoms with van der Waals surface area (Å²) in [5.41, 5.74) is -1.68. The first kappa shape index (κ1) is 44.3. The van der Waals surface area contributed by atoms with Crippen molar-refractivity contribution in [2.24, 2.45) is 11.3 Å². The molecule has 2 aliphatic carbocycles. The zero-order valence-corrected chi connectivity index (χ0v) is 36.7. The second kappa shape index (κ2) is 16.5. The van der Waals surface area contributed by atoms with Gasteiger partial charge < -0.3 is 34.4 Å². The number of carboxylic acids is 1. The van der Waals surface area contributed by atoms with Crippen LogP contribution >= 0.6 is 0 Å². The number of aromatic nitrogens is 2. The third kappa shape index (κ3) is 9.50. The summed E-state index contributed by atoms with van der Waals surface area (Å²) in [6, 6.07) is 12.2. The molecule has 2 saturated carbocycles. The largest absolute Gasteiger partial charge is 0.491 e. The summed E-state index contributed by atoms with van der Waals surface area (Å²) in [5, 5.41) is 15.8. The number of carboxylic acid groups (broad SMARTS) is 1. The highest BCUT2D eigenvalue weighted by molar-refractivity contribution is 7.91. The van der Waals surface area contributed by atoms with Crippen LogP contribution in [0.15, 0.2) is 65.6 Å². The van der Waals surface area contributed by atoms with Crippen molar-refractivity contribution < 1.29 is 51.3 Å². The van der Waals surface area contributed by atoms with Gasteiger partial charge in [-0.15, -0.1) is 6.58 Å². The highest BCUT2D eigenvalue weighted by Gasteiger charge is 2.62. The first-order chi connectivity index (χ1) is 29.1. The number of likely N-dealkylation sites (tertiary alicyclic amines) is 1. The number of amides is 3. The molecule has 5 atom stereocenters. The summed E-state index contributed by atoms with van der Waals surface area (Å²) < 4.78 is 52.0. The van der Waals surface area contributed by atoms with E-state index in [4.69, 9.17) is 28.6 Å². The molecule has 18 heteroatoms. The number of nitrogens with one attached hydrogen (secondary N) is 3. The SMILES string of the molecule is C=C[C@@H]1CC1(NC(=O)C1CC(Oc2nc(-c3ccc(OC(C)C)cc3)nc3c2oc2ccccc23)CN1CC(C)(C)[C@H](NC(=O)OC(C)(C)C)C(=O)O)C(=O)NS(=O)(=O)C1CC1. The van der Waals surface area contributed by atoms with E-state index in [0.29, 0.717) is 41.1 Å². The lowest BCUT2D eigenvalue weighted by Gasteiger charge is -2.37. The number of ether oxygens (including phenoxy) is 3. The first-order valence-corrected chi connectivity index (χ1v) is 22.2. The van der Waals surface area contributed by atoms with E-state index >= 15 is 0 Å². The molecule has 0 bridgehead atoms. The van der Waals surface area contributed by atoms with Crippen LogP contribution in [0.25, 0.3) is 33.5 Å². The molecule has 3 fully saturated rings. The van der Waals surface area contributed by atoms with Gasteiger partial charge in [-0.05, 0) is 90.3 Å². The normalized spacial score (nSPS) is 22.2. The predicted molar refractivity (Wildman–Crippen MR) is 229 cm³/mol. The smallest absolute Gasteiger partial charge is 0.408 e. The molecule has 332 valence electrons. The number of alkyl carbamates (subject to hydrolysis) is 1. The van der Waals surface area contributed by atoms with E-state index in [1.54, 1.807) is 45.6 Å². The molecule has 0 spiro atoms. The zero-order valence-electron chi connectivity index (χ0n) is 35.9. The summed E-state index contributed by atoms with van der Waals surface area (Å²) in [5.74, 6) is -2.19. The van der Waals surface area contributed by atoms with Crippen LogP contribution in [0, 0.1) is 11.3 Å². The summed E-state index contributed by atoms with van der Waals surface area (Å²) >= 11 is 0. The second-order valence-electron chi connectivity index (χ2n) is 18.3. The lowest BCUT2D eigenvalue weighted by Crippen LogP contribution is -2.58. The number of benzene rings is 2. The van der Waals surface area contributed by atoms with E-state index in [-0.39, 0.29) is 43.5 Å². The maximum atomic E-state index is 14.5. The maximum absolute atomic E-state index is 14.5. The number of fused-ring (bicyclic) bond motifs is 3. The van der Waals surface area contributed by atoms with Gasteiger partial charge in [0.2, 0.25) is 21.5 Å². The standard InChI is InChI=1S/C44H54N6O11S/c1-9-26-21-44(26,40(54)49-62(56,57)29-18-19-29)48-37(51)31-20-28(22-50(31)23-43(7,8)35(39(52)53)46-41(55)61-42(4,5)6)59-38-34-33(30-12-10-11-13-32(30)60-34)45-36(47-38)25-14-16-27(17-15-25)58-24(2)3/h9-17,24,26,28-29,31,35H,1,18-23H2,2-8H3,(H,46,55)(H,48,51)(H,49,54)(H,52,53)/t26-,28?,31?,35-,44?/m1/s1. The number of hydrogen-bond donors (Lipinski definition) is 4. The van der Waals surface area contributed by atoms with Gasteiger partial charge in [-0.1, -0.05) is 32.1 Å². The minimum atomic E-state index is -3.94. The van der Waals surface area contributed by atoms with E-state index in [0.717, 1.165) is 5.39 Å². The lowest BCUT2D eigenvalue weighted by atomic mass is 9.83. The van der Waals surface area contributed by atoms with Gasteiger partial charge in [-0.25, -0.2) is 23.0 Å². The molecule has 7 rings (SSSR count). The topological polar surface area (TPSA) is 229 Å². The van der Waals surface area contributed by atoms with Crippen LogP contribution < -0.4 is 24.8 Å². The Morgan fingerprint density at radius 1 is 1.05 bits per heavy atom. The summed E-state index contributed by atoms with van der Waals surface area (Å²) in [6.45, 7) is 15.9. The first-order valence-electron chi connectivity index (χ1n) is 20.7. The van der Waals surface area contributed by atoms with Crippen LogP contribution in [0.4, 0.5) is 4.79 Å². The van der Waals surface area contributed by atoms with Crippen molar-refractivity contribution in [3.8, 4) is 23.0 Å². The van der Waals surface area contributed by atoms with Crippen molar-refractivity contribution in [3.05, 3.63) is 61.2 Å². The molecule has 62 heavy (non-hydrogen) atoms. The number of furan rings is 1. The van der Waals surface area contributed by atoms with Gasteiger partial charge >= 0.3 is 12.1 Å². The number of sulfonamides is 1. The van der Waals surface area contributed by atoms with Gasteiger partial charge in [0.25, 0.3) is 11.8 Å². The molecular formula is C44H54N6O11S. The highest BCUT2D eigenvalue weighted by Crippen LogP contribution is 2.46. The molecule has 1 saturated heterocycles. The van der Waals surface area contributed by atoms with Crippen molar-refractivity contribution in [3.63, 3.8) is 0 Å². The Morgan fingerprint density at radius 3 is 2.35 bits per heavy atom. The minimum Gasteiger partial charge on any atom is -0.491 e. The average Bonchev–Trinajstić information content (AvgIpc) is 4.09. The zero-order chi connectivity index (χ0) is 44.9. The maximum Gasteiger partial charge on any atom is 0.408 e. The molecule has 4 N–H and O–H groups in total. The molecule has 4 aromatic rings. The van der Waals surface area contributed by atoms with Gasteiger partial charge in [0.15, 0.2) is 5.82 Å². The van der Waals surface area contributed by atoms with E-state index in [9.17, 15) is 32.7 Å². The van der Waals surface area contributed by atoms with Gasteiger partial charge in [0.1, 0.15) is 40.1 Å². The quantitative estimate of drug-likeness (QED) is 0.104. The van der Waals surface area contributed by atoms with Gasteiger partial charge in [-0.2, -0.15) is 4.98 Å². The van der Waals surface area contributed by atoms with Crippen molar-refractivity contribution in [2.45, 2.75) is 115 Å². The van der Waals surface area contributed by atoms with E-state index in [1.165, 1.54) is 6.08 Å². The fourth-order valence-corrected chi connectivity index (χ4v) is 9.30. The summed E-state index contributed by atoms with van der Waals surface area (Å²) in [7, 11) is -3.94. The Labute approximate surface area is 360 Å². The number of hydrogen-bond acceptors (Lipinski definition) is 13. The molecule has 3 heterocycles. The highest BCUT2D eigenvalue weighted by atomic mass is 32.2. The summed E-state index contributed by atoms with van der Waals surface area (Å²) in [6.07, 6.45) is 0.848. The second-order valence-corrected chi connectivity index (χ2v) is 20.3. The number of rotatable bonds is 16. The van der Waals surface area contributed by atoms with Crippen LogP contribution in [0.1, 0.15) is 74.1 Å². The lowest BCUT2D eigenvalue weighted by molar-refractivity contribution is -0.143. The van der Waals surface area contributed by atoms with Crippen LogP contribution in [0.5, 0.6) is 11.6 Å². The van der Waals surface area contributed by atoms with E-state index in [1.807, 2.05) is 56.3 Å². The number of nitrogens with zero attached hydrogens (tertiary/aromatic N) is 3. The average molecular weight is 875 g/mol. The number of para-hydroxylation sites is 1. The fraction of sp³-hybridized carbons (Fsp3) is 0.500. The number of carbonyl (C=O) groups excluding carboxylic acids is 3. The monoisotopic (exact) mass is 874 g/mol. The Bertz CT molecular complexity index is 2510. The molecule has 3 unspecified atom stereocenters. The molecule has 2 aromatic carbocycles. The molecular weight excluding hydrogens is 821 g/mol. The summed E-state index contributed by atoms with van der Waals surface area (Å²) in [4.78, 5) is 65.2. The van der Waals surface area contributed by atoms with Crippen molar-refractivity contribution in [1.82, 2.24) is 30.2 Å². The van der Waals surface area contributed by atoms with Crippen LogP contribution in [0.2, 0.25) is 0 Å².